The molecule has 1 atom stereocenters. The molecule has 2 N–H and O–H groups in total. The van der Waals surface area contributed by atoms with Crippen LogP contribution in [0.4, 0.5) is 18.9 Å². The lowest BCUT2D eigenvalue weighted by atomic mass is 9.73. The fourth-order valence-corrected chi connectivity index (χ4v) is 5.45. The zero-order chi connectivity index (χ0) is 25.1. The Morgan fingerprint density at radius 2 is 1.86 bits per heavy atom. The molecule has 1 aliphatic carbocycles. The number of rotatable bonds is 6. The van der Waals surface area contributed by atoms with Crippen LogP contribution in [0.15, 0.2) is 59.3 Å². The molecule has 1 amide bonds. The first kappa shape index (κ1) is 25.0. The second-order valence-corrected chi connectivity index (χ2v) is 9.75. The zero-order valence-corrected chi connectivity index (χ0v) is 19.8. The molecule has 1 heterocycles. The molecule has 0 saturated heterocycles. The quantitative estimate of drug-likeness (QED) is 0.393. The van der Waals surface area contributed by atoms with Gasteiger partial charge in [-0.1, -0.05) is 43.5 Å². The Morgan fingerprint density at radius 3 is 2.51 bits per heavy atom. The number of amides is 1. The highest BCUT2D eigenvalue weighted by molar-refractivity contribution is 7.08. The maximum Gasteiger partial charge on any atom is 0.417 e. The third-order valence-electron chi connectivity index (χ3n) is 6.63. The normalized spacial score (nSPS) is 16.3. The van der Waals surface area contributed by atoms with E-state index in [4.69, 9.17) is 5.26 Å². The van der Waals surface area contributed by atoms with Gasteiger partial charge in [0.2, 0.25) is 0 Å². The van der Waals surface area contributed by atoms with E-state index in [9.17, 15) is 23.1 Å². The van der Waals surface area contributed by atoms with E-state index < -0.39 is 28.8 Å². The summed E-state index contributed by atoms with van der Waals surface area (Å²) in [5.74, 6) is -1.05. The standard InChI is InChI=1S/C27H25F3N2O2S/c28-27(29,30)24-14-23(10-9-20(24)16-31)32-25(33)26(34,22-7-2-1-3-8-22)15-18-5-4-6-19(13-18)21-11-12-35-17-21/h4-6,9-14,17,22,34H,1-3,7-8,15H2,(H,32,33)/t26-/m1/s1. The minimum atomic E-state index is -4.74. The van der Waals surface area contributed by atoms with E-state index in [1.807, 2.05) is 41.1 Å². The fraction of sp³-hybridized carbons (Fsp3) is 0.333. The molecule has 4 nitrogen and oxygen atoms in total. The number of carbonyl (C=O) groups excluding carboxylic acids is 1. The number of hydrogen-bond donors (Lipinski definition) is 2. The number of anilines is 1. The van der Waals surface area contributed by atoms with Gasteiger partial charge in [0.1, 0.15) is 5.60 Å². The third-order valence-corrected chi connectivity index (χ3v) is 7.32. The maximum atomic E-state index is 13.5. The topological polar surface area (TPSA) is 73.1 Å². The van der Waals surface area contributed by atoms with E-state index in [1.54, 1.807) is 11.3 Å². The monoisotopic (exact) mass is 498 g/mol. The van der Waals surface area contributed by atoms with E-state index in [2.05, 4.69) is 5.32 Å². The van der Waals surface area contributed by atoms with Crippen LogP contribution < -0.4 is 5.32 Å². The van der Waals surface area contributed by atoms with Gasteiger partial charge in [-0.2, -0.15) is 29.8 Å². The van der Waals surface area contributed by atoms with Crippen molar-refractivity contribution >= 4 is 22.9 Å². The minimum absolute atomic E-state index is 0.0455. The van der Waals surface area contributed by atoms with Gasteiger partial charge >= 0.3 is 6.18 Å². The van der Waals surface area contributed by atoms with E-state index in [-0.39, 0.29) is 18.0 Å². The van der Waals surface area contributed by atoms with E-state index in [0.717, 1.165) is 48.1 Å². The predicted molar refractivity (Wildman–Crippen MR) is 130 cm³/mol. The summed E-state index contributed by atoms with van der Waals surface area (Å²) in [6, 6.07) is 14.2. The van der Waals surface area contributed by atoms with Gasteiger partial charge in [-0.25, -0.2) is 0 Å². The second kappa shape index (κ2) is 10.2. The number of benzene rings is 2. The van der Waals surface area contributed by atoms with Crippen molar-refractivity contribution in [2.75, 3.05) is 5.32 Å². The molecule has 8 heteroatoms. The first-order chi connectivity index (χ1) is 16.7. The Labute approximate surface area is 206 Å². The van der Waals surface area contributed by atoms with Gasteiger partial charge in [0.05, 0.1) is 17.2 Å². The lowest BCUT2D eigenvalue weighted by molar-refractivity contribution is -0.142. The molecule has 1 aromatic heterocycles. The molecule has 2 aromatic carbocycles. The van der Waals surface area contributed by atoms with Crippen molar-refractivity contribution in [3.8, 4) is 17.2 Å². The Balaban J connectivity index is 1.65. The van der Waals surface area contributed by atoms with Crippen LogP contribution in [0.3, 0.4) is 0 Å². The van der Waals surface area contributed by atoms with Crippen LogP contribution in [0.1, 0.15) is 48.8 Å². The van der Waals surface area contributed by atoms with Crippen LogP contribution in [0.2, 0.25) is 0 Å². The molecule has 1 fully saturated rings. The van der Waals surface area contributed by atoms with Crippen molar-refractivity contribution in [2.24, 2.45) is 5.92 Å². The molecule has 0 spiro atoms. The van der Waals surface area contributed by atoms with Gasteiger partial charge in [-0.3, -0.25) is 4.79 Å². The summed E-state index contributed by atoms with van der Waals surface area (Å²) >= 11 is 1.57. The second-order valence-electron chi connectivity index (χ2n) is 8.97. The summed E-state index contributed by atoms with van der Waals surface area (Å²) in [6.45, 7) is 0. The number of nitrogens with zero attached hydrogens (tertiary/aromatic N) is 1. The lowest BCUT2D eigenvalue weighted by Gasteiger charge is -2.37. The van der Waals surface area contributed by atoms with Gasteiger partial charge in [-0.05, 0) is 70.5 Å². The highest BCUT2D eigenvalue weighted by Crippen LogP contribution is 2.38. The number of nitriles is 1. The smallest absolute Gasteiger partial charge is 0.379 e. The van der Waals surface area contributed by atoms with Crippen LogP contribution >= 0.6 is 11.3 Å². The van der Waals surface area contributed by atoms with Crippen molar-refractivity contribution in [1.82, 2.24) is 0 Å². The number of hydrogen-bond acceptors (Lipinski definition) is 4. The van der Waals surface area contributed by atoms with Crippen molar-refractivity contribution < 1.29 is 23.1 Å². The number of halogens is 3. The van der Waals surface area contributed by atoms with Gasteiger partial charge in [-0.15, -0.1) is 0 Å². The number of aliphatic hydroxyl groups is 1. The lowest BCUT2D eigenvalue weighted by Crippen LogP contribution is -2.51. The van der Waals surface area contributed by atoms with Gasteiger partial charge in [0.25, 0.3) is 5.91 Å². The molecular formula is C27H25F3N2O2S. The fourth-order valence-electron chi connectivity index (χ4n) is 4.78. The average molecular weight is 499 g/mol. The Kier molecular flexibility index (Phi) is 7.29. The zero-order valence-electron chi connectivity index (χ0n) is 18.9. The van der Waals surface area contributed by atoms with Crippen LogP contribution in [-0.4, -0.2) is 16.6 Å². The third kappa shape index (κ3) is 5.58. The first-order valence-electron chi connectivity index (χ1n) is 11.5. The van der Waals surface area contributed by atoms with Gasteiger partial charge < -0.3 is 10.4 Å². The van der Waals surface area contributed by atoms with Crippen molar-refractivity contribution in [2.45, 2.75) is 50.3 Å². The Morgan fingerprint density at radius 1 is 1.09 bits per heavy atom. The van der Waals surface area contributed by atoms with Gasteiger partial charge in [0.15, 0.2) is 0 Å². The van der Waals surface area contributed by atoms with E-state index in [0.29, 0.717) is 12.8 Å². The summed E-state index contributed by atoms with van der Waals surface area (Å²) in [4.78, 5) is 13.5. The predicted octanol–water partition coefficient (Wildman–Crippen LogP) is 6.80. The van der Waals surface area contributed by atoms with Crippen LogP contribution in [0.5, 0.6) is 0 Å². The number of thiophene rings is 1. The molecular weight excluding hydrogens is 473 g/mol. The molecule has 4 rings (SSSR count). The number of alkyl halides is 3. The molecule has 1 aliphatic rings. The minimum Gasteiger partial charge on any atom is -0.379 e. The largest absolute Gasteiger partial charge is 0.417 e. The number of carbonyl (C=O) groups is 1. The molecule has 0 unspecified atom stereocenters. The molecule has 3 aromatic rings. The Bertz CT molecular complexity index is 1230. The number of nitrogens with one attached hydrogen (secondary N) is 1. The molecule has 0 bridgehead atoms. The van der Waals surface area contributed by atoms with Crippen molar-refractivity contribution in [3.63, 3.8) is 0 Å². The summed E-state index contributed by atoms with van der Waals surface area (Å²) in [5.41, 5.74) is -0.766. The summed E-state index contributed by atoms with van der Waals surface area (Å²) < 4.78 is 40.2. The van der Waals surface area contributed by atoms with Crippen molar-refractivity contribution in [3.05, 3.63) is 76.0 Å². The molecule has 1 saturated carbocycles. The first-order valence-corrected chi connectivity index (χ1v) is 12.4. The van der Waals surface area contributed by atoms with Crippen LogP contribution in [-0.2, 0) is 17.4 Å². The summed E-state index contributed by atoms with van der Waals surface area (Å²) in [5, 5.41) is 27.3. The Hall–Kier alpha value is -3.15. The van der Waals surface area contributed by atoms with Gasteiger partial charge in [0, 0.05) is 12.1 Å². The van der Waals surface area contributed by atoms with Crippen LogP contribution in [0.25, 0.3) is 11.1 Å². The molecule has 0 aliphatic heterocycles. The summed E-state index contributed by atoms with van der Waals surface area (Å²) in [6.07, 6.45) is -0.594. The average Bonchev–Trinajstić information content (AvgIpc) is 3.39. The van der Waals surface area contributed by atoms with Crippen molar-refractivity contribution in [1.29, 1.82) is 5.26 Å². The molecule has 182 valence electrons. The molecule has 35 heavy (non-hydrogen) atoms. The highest BCUT2D eigenvalue weighted by atomic mass is 32.1. The van der Waals surface area contributed by atoms with E-state index in [1.165, 1.54) is 12.1 Å². The maximum absolute atomic E-state index is 13.5. The summed E-state index contributed by atoms with van der Waals surface area (Å²) in [7, 11) is 0. The molecule has 0 radical (unpaired) electrons. The highest BCUT2D eigenvalue weighted by Gasteiger charge is 2.44. The van der Waals surface area contributed by atoms with Crippen LogP contribution in [0, 0.1) is 17.2 Å². The van der Waals surface area contributed by atoms with E-state index >= 15 is 0 Å². The SMILES string of the molecule is N#Cc1ccc(NC(=O)[C@@](O)(Cc2cccc(-c3ccsc3)c2)C2CCCCC2)cc1C(F)(F)F.